The van der Waals surface area contributed by atoms with Gasteiger partial charge in [-0.15, -0.1) is 0 Å². The predicted octanol–water partition coefficient (Wildman–Crippen LogP) is 4.19. The summed E-state index contributed by atoms with van der Waals surface area (Å²) < 4.78 is 41.5. The molecular formula is C17H16F3N3O. The number of anilines is 1. The highest BCUT2D eigenvalue weighted by Crippen LogP contribution is 2.36. The Hall–Kier alpha value is -2.57. The topological polar surface area (TPSA) is 46.9 Å². The molecule has 0 bridgehead atoms. The summed E-state index contributed by atoms with van der Waals surface area (Å²) in [7, 11) is 0. The summed E-state index contributed by atoms with van der Waals surface area (Å²) in [4.78, 5) is 12.2. The molecular weight excluding hydrogens is 319 g/mol. The fourth-order valence-corrected chi connectivity index (χ4v) is 2.71. The zero-order chi connectivity index (χ0) is 17.2. The molecule has 0 saturated heterocycles. The van der Waals surface area contributed by atoms with Crippen molar-refractivity contribution in [3.05, 3.63) is 54.4 Å². The second-order valence-electron chi connectivity index (χ2n) is 5.65. The zero-order valence-corrected chi connectivity index (χ0v) is 12.8. The van der Waals surface area contributed by atoms with Crippen molar-refractivity contribution in [2.75, 3.05) is 5.32 Å². The molecule has 126 valence electrons. The van der Waals surface area contributed by atoms with Crippen LogP contribution < -0.4 is 5.32 Å². The Labute approximate surface area is 137 Å². The molecule has 3 rings (SSSR count). The van der Waals surface area contributed by atoms with Crippen LogP contribution in [-0.2, 0) is 11.0 Å². The normalized spacial score (nSPS) is 17.7. The SMILES string of the molecule is O=C(Nc1ccc(-n2cccn2)cc1C(F)(F)F)[C@@H]1CC=CCC1. The molecule has 1 amide bonds. The quantitative estimate of drug-likeness (QED) is 0.855. The third-order valence-electron chi connectivity index (χ3n) is 3.98. The Morgan fingerprint density at radius 1 is 1.29 bits per heavy atom. The number of aromatic nitrogens is 2. The van der Waals surface area contributed by atoms with Gasteiger partial charge in [-0.05, 0) is 43.5 Å². The minimum absolute atomic E-state index is 0.224. The van der Waals surface area contributed by atoms with Gasteiger partial charge in [-0.25, -0.2) is 4.68 Å². The third-order valence-corrected chi connectivity index (χ3v) is 3.98. The maximum Gasteiger partial charge on any atom is 0.418 e. The van der Waals surface area contributed by atoms with Gasteiger partial charge in [0.2, 0.25) is 5.91 Å². The minimum Gasteiger partial charge on any atom is -0.325 e. The van der Waals surface area contributed by atoms with E-state index in [9.17, 15) is 18.0 Å². The number of nitrogens with one attached hydrogen (secondary N) is 1. The Morgan fingerprint density at radius 3 is 2.75 bits per heavy atom. The maximum atomic E-state index is 13.4. The van der Waals surface area contributed by atoms with Gasteiger partial charge >= 0.3 is 6.18 Å². The van der Waals surface area contributed by atoms with E-state index in [4.69, 9.17) is 0 Å². The summed E-state index contributed by atoms with van der Waals surface area (Å²) in [5, 5.41) is 6.36. The summed E-state index contributed by atoms with van der Waals surface area (Å²) in [5.74, 6) is -0.668. The van der Waals surface area contributed by atoms with E-state index in [0.29, 0.717) is 12.8 Å². The molecule has 1 heterocycles. The molecule has 0 unspecified atom stereocenters. The van der Waals surface area contributed by atoms with Gasteiger partial charge in [0, 0.05) is 18.3 Å². The smallest absolute Gasteiger partial charge is 0.325 e. The van der Waals surface area contributed by atoms with Crippen LogP contribution in [0, 0.1) is 5.92 Å². The van der Waals surface area contributed by atoms with Gasteiger partial charge in [-0.1, -0.05) is 12.2 Å². The molecule has 0 aliphatic heterocycles. The van der Waals surface area contributed by atoms with Crippen LogP contribution in [0.5, 0.6) is 0 Å². The van der Waals surface area contributed by atoms with Crippen LogP contribution in [0.1, 0.15) is 24.8 Å². The summed E-state index contributed by atoms with van der Waals surface area (Å²) >= 11 is 0. The lowest BCUT2D eigenvalue weighted by Gasteiger charge is -2.20. The summed E-state index contributed by atoms with van der Waals surface area (Å²) in [6.07, 6.45) is 4.30. The molecule has 0 fully saturated rings. The van der Waals surface area contributed by atoms with E-state index < -0.39 is 11.7 Å². The molecule has 1 atom stereocenters. The number of alkyl halides is 3. The predicted molar refractivity (Wildman–Crippen MR) is 83.7 cm³/mol. The number of hydrogen-bond acceptors (Lipinski definition) is 2. The average Bonchev–Trinajstić information content (AvgIpc) is 3.09. The monoisotopic (exact) mass is 335 g/mol. The number of rotatable bonds is 3. The lowest BCUT2D eigenvalue weighted by atomic mass is 9.93. The van der Waals surface area contributed by atoms with Crippen molar-refractivity contribution in [2.45, 2.75) is 25.4 Å². The van der Waals surface area contributed by atoms with Crippen LogP contribution in [-0.4, -0.2) is 15.7 Å². The molecule has 1 aliphatic carbocycles. The highest BCUT2D eigenvalue weighted by atomic mass is 19.4. The number of benzene rings is 1. The van der Waals surface area contributed by atoms with Crippen LogP contribution in [0.15, 0.2) is 48.8 Å². The summed E-state index contributed by atoms with van der Waals surface area (Å²) in [6, 6.07) is 5.39. The standard InChI is InChI=1S/C17H16F3N3O/c18-17(19,20)14-11-13(23-10-4-9-21-23)7-8-15(14)22-16(24)12-5-2-1-3-6-12/h1-2,4,7-12H,3,5-6H2,(H,22,24)/t12-/m1/s1. The molecule has 1 aromatic heterocycles. The molecule has 0 radical (unpaired) electrons. The van der Waals surface area contributed by atoms with E-state index in [1.165, 1.54) is 23.0 Å². The molecule has 4 nitrogen and oxygen atoms in total. The number of allylic oxidation sites excluding steroid dienone is 2. The Kier molecular flexibility index (Phi) is 4.42. The van der Waals surface area contributed by atoms with Gasteiger partial charge < -0.3 is 5.32 Å². The lowest BCUT2D eigenvalue weighted by Crippen LogP contribution is -2.25. The number of carbonyl (C=O) groups is 1. The first-order valence-electron chi connectivity index (χ1n) is 7.62. The molecule has 7 heteroatoms. The Bertz CT molecular complexity index is 751. The molecule has 0 saturated carbocycles. The number of halogens is 3. The van der Waals surface area contributed by atoms with E-state index >= 15 is 0 Å². The van der Waals surface area contributed by atoms with Crippen LogP contribution in [0.3, 0.4) is 0 Å². The highest BCUT2D eigenvalue weighted by Gasteiger charge is 2.35. The second kappa shape index (κ2) is 6.51. The van der Waals surface area contributed by atoms with Gasteiger partial charge in [-0.2, -0.15) is 18.3 Å². The van der Waals surface area contributed by atoms with Gasteiger partial charge in [0.25, 0.3) is 0 Å². The summed E-state index contributed by atoms with van der Waals surface area (Å²) in [5.41, 5.74) is -0.820. The number of hydrogen-bond donors (Lipinski definition) is 1. The van der Waals surface area contributed by atoms with Crippen molar-refractivity contribution in [3.8, 4) is 5.69 Å². The molecule has 1 aromatic carbocycles. The molecule has 1 aliphatic rings. The van der Waals surface area contributed by atoms with Crippen molar-refractivity contribution in [1.82, 2.24) is 9.78 Å². The van der Waals surface area contributed by atoms with Gasteiger partial charge in [0.05, 0.1) is 16.9 Å². The minimum atomic E-state index is -4.57. The molecule has 1 N–H and O–H groups in total. The van der Waals surface area contributed by atoms with Gasteiger partial charge in [-0.3, -0.25) is 4.79 Å². The first-order valence-corrected chi connectivity index (χ1v) is 7.62. The van der Waals surface area contributed by atoms with E-state index in [1.54, 1.807) is 12.3 Å². The summed E-state index contributed by atoms with van der Waals surface area (Å²) in [6.45, 7) is 0. The van der Waals surface area contributed by atoms with E-state index in [-0.39, 0.29) is 23.2 Å². The van der Waals surface area contributed by atoms with Crippen LogP contribution in [0.4, 0.5) is 18.9 Å². The van der Waals surface area contributed by atoms with Crippen molar-refractivity contribution in [3.63, 3.8) is 0 Å². The van der Waals surface area contributed by atoms with E-state index in [1.807, 2.05) is 12.2 Å². The number of nitrogens with zero attached hydrogens (tertiary/aromatic N) is 2. The van der Waals surface area contributed by atoms with Crippen molar-refractivity contribution < 1.29 is 18.0 Å². The van der Waals surface area contributed by atoms with Crippen LogP contribution >= 0.6 is 0 Å². The average molecular weight is 335 g/mol. The molecule has 2 aromatic rings. The van der Waals surface area contributed by atoms with E-state index in [2.05, 4.69) is 10.4 Å². The lowest BCUT2D eigenvalue weighted by molar-refractivity contribution is -0.137. The van der Waals surface area contributed by atoms with Crippen molar-refractivity contribution >= 4 is 11.6 Å². The fourth-order valence-electron chi connectivity index (χ4n) is 2.71. The van der Waals surface area contributed by atoms with Gasteiger partial charge in [0.1, 0.15) is 0 Å². The van der Waals surface area contributed by atoms with Gasteiger partial charge in [0.15, 0.2) is 0 Å². The van der Waals surface area contributed by atoms with Crippen LogP contribution in [0.2, 0.25) is 0 Å². The number of amides is 1. The first-order chi connectivity index (χ1) is 11.4. The Morgan fingerprint density at radius 2 is 2.12 bits per heavy atom. The maximum absolute atomic E-state index is 13.4. The van der Waals surface area contributed by atoms with E-state index in [0.717, 1.165) is 12.5 Å². The Balaban J connectivity index is 1.89. The molecule has 24 heavy (non-hydrogen) atoms. The largest absolute Gasteiger partial charge is 0.418 e. The highest BCUT2D eigenvalue weighted by molar-refractivity contribution is 5.93. The third kappa shape index (κ3) is 3.50. The fraction of sp³-hybridized carbons (Fsp3) is 0.294. The zero-order valence-electron chi connectivity index (χ0n) is 12.8. The van der Waals surface area contributed by atoms with Crippen molar-refractivity contribution in [2.24, 2.45) is 5.92 Å². The van der Waals surface area contributed by atoms with Crippen LogP contribution in [0.25, 0.3) is 5.69 Å². The number of carbonyl (C=O) groups excluding carboxylic acids is 1. The second-order valence-corrected chi connectivity index (χ2v) is 5.65. The molecule has 0 spiro atoms. The first kappa shape index (κ1) is 16.3. The van der Waals surface area contributed by atoms with Crippen molar-refractivity contribution in [1.29, 1.82) is 0 Å².